The molecule has 0 spiro atoms. The number of amides is 1. The van der Waals surface area contributed by atoms with Crippen LogP contribution in [0.15, 0.2) is 22.7 Å². The van der Waals surface area contributed by atoms with E-state index in [2.05, 4.69) is 26.0 Å². The molecule has 5 heteroatoms. The smallest absolute Gasteiger partial charge is 0.339 e. The molecule has 0 saturated carbocycles. The molecule has 0 atom stereocenters. The van der Waals surface area contributed by atoms with E-state index < -0.39 is 5.97 Å². The lowest BCUT2D eigenvalue weighted by molar-refractivity contribution is -0.115. The second kappa shape index (κ2) is 5.65. The Labute approximate surface area is 102 Å². The van der Waals surface area contributed by atoms with Crippen molar-refractivity contribution >= 4 is 33.5 Å². The van der Waals surface area contributed by atoms with Gasteiger partial charge >= 0.3 is 5.97 Å². The quantitative estimate of drug-likeness (QED) is 0.869. The van der Waals surface area contributed by atoms with Crippen molar-refractivity contribution in [1.29, 1.82) is 0 Å². The minimum absolute atomic E-state index is 0.0989. The van der Waals surface area contributed by atoms with Gasteiger partial charge in [0.2, 0.25) is 5.91 Å². The fraction of sp³-hybridized carbons (Fsp3) is 0.273. The molecular weight excluding hydrogens is 274 g/mol. The molecule has 0 aliphatic rings. The molecule has 1 N–H and O–H groups in total. The molecule has 1 amide bonds. The Balaban J connectivity index is 2.98. The summed E-state index contributed by atoms with van der Waals surface area (Å²) in [6, 6.07) is 4.98. The highest BCUT2D eigenvalue weighted by Crippen LogP contribution is 2.21. The average Bonchev–Trinajstić information content (AvgIpc) is 2.30. The van der Waals surface area contributed by atoms with Crippen LogP contribution in [0.2, 0.25) is 0 Å². The van der Waals surface area contributed by atoms with E-state index in [1.807, 2.05) is 0 Å². The fourth-order valence-electron chi connectivity index (χ4n) is 1.12. The lowest BCUT2D eigenvalue weighted by atomic mass is 10.2. The molecular formula is C11H12BrNO3. The van der Waals surface area contributed by atoms with Crippen molar-refractivity contribution in [3.8, 4) is 0 Å². The third-order valence-corrected chi connectivity index (χ3v) is 2.67. The highest BCUT2D eigenvalue weighted by molar-refractivity contribution is 9.10. The van der Waals surface area contributed by atoms with Crippen LogP contribution >= 0.6 is 15.9 Å². The van der Waals surface area contributed by atoms with Gasteiger partial charge in [0.05, 0.1) is 12.7 Å². The summed E-state index contributed by atoms with van der Waals surface area (Å²) in [5.74, 6) is -0.544. The lowest BCUT2D eigenvalue weighted by Gasteiger charge is -2.07. The Morgan fingerprint density at radius 3 is 2.69 bits per heavy atom. The van der Waals surface area contributed by atoms with E-state index in [9.17, 15) is 9.59 Å². The Hall–Kier alpha value is -1.36. The summed E-state index contributed by atoms with van der Waals surface area (Å²) >= 11 is 3.24. The van der Waals surface area contributed by atoms with Gasteiger partial charge in [-0.2, -0.15) is 0 Å². The van der Waals surface area contributed by atoms with Gasteiger partial charge in [0.1, 0.15) is 0 Å². The van der Waals surface area contributed by atoms with Gasteiger partial charge in [-0.15, -0.1) is 0 Å². The van der Waals surface area contributed by atoms with Crippen molar-refractivity contribution in [3.05, 3.63) is 28.2 Å². The topological polar surface area (TPSA) is 55.4 Å². The molecule has 0 bridgehead atoms. The van der Waals surface area contributed by atoms with E-state index in [0.717, 1.165) is 0 Å². The van der Waals surface area contributed by atoms with Gasteiger partial charge in [-0.25, -0.2) is 4.79 Å². The Bertz CT molecular complexity index is 418. The summed E-state index contributed by atoms with van der Waals surface area (Å²) in [6.45, 7) is 1.76. The molecule has 0 heterocycles. The average molecular weight is 286 g/mol. The monoisotopic (exact) mass is 285 g/mol. The number of halogens is 1. The molecule has 1 aromatic rings. The number of nitrogens with one attached hydrogen (secondary N) is 1. The minimum atomic E-state index is -0.445. The zero-order chi connectivity index (χ0) is 12.1. The number of anilines is 1. The molecule has 1 aromatic carbocycles. The number of ether oxygens (including phenoxy) is 1. The predicted molar refractivity (Wildman–Crippen MR) is 64.4 cm³/mol. The largest absolute Gasteiger partial charge is 0.465 e. The maximum absolute atomic E-state index is 11.4. The fourth-order valence-corrected chi connectivity index (χ4v) is 1.53. The molecule has 16 heavy (non-hydrogen) atoms. The predicted octanol–water partition coefficient (Wildman–Crippen LogP) is 2.58. The molecule has 0 fully saturated rings. The van der Waals surface area contributed by atoms with Crippen molar-refractivity contribution in [1.82, 2.24) is 0 Å². The van der Waals surface area contributed by atoms with Crippen LogP contribution in [0.4, 0.5) is 5.69 Å². The Morgan fingerprint density at radius 1 is 1.44 bits per heavy atom. The molecule has 4 nitrogen and oxygen atoms in total. The van der Waals surface area contributed by atoms with Crippen LogP contribution in [0.3, 0.4) is 0 Å². The summed E-state index contributed by atoms with van der Waals surface area (Å²) in [7, 11) is 1.31. The van der Waals surface area contributed by atoms with Crippen LogP contribution in [0.5, 0.6) is 0 Å². The van der Waals surface area contributed by atoms with Crippen molar-refractivity contribution in [2.24, 2.45) is 0 Å². The van der Waals surface area contributed by atoms with Crippen LogP contribution in [0.25, 0.3) is 0 Å². The molecule has 0 aliphatic heterocycles. The number of rotatable bonds is 3. The van der Waals surface area contributed by atoms with E-state index in [0.29, 0.717) is 22.1 Å². The highest BCUT2D eigenvalue weighted by atomic mass is 79.9. The van der Waals surface area contributed by atoms with Crippen LogP contribution in [-0.4, -0.2) is 19.0 Å². The minimum Gasteiger partial charge on any atom is -0.465 e. The van der Waals surface area contributed by atoms with E-state index in [1.165, 1.54) is 7.11 Å². The summed E-state index contributed by atoms with van der Waals surface area (Å²) in [5, 5.41) is 2.67. The number of methoxy groups -OCH3 is 1. The normalized spacial score (nSPS) is 9.69. The van der Waals surface area contributed by atoms with Gasteiger partial charge in [0.15, 0.2) is 0 Å². The van der Waals surface area contributed by atoms with Crippen molar-refractivity contribution < 1.29 is 14.3 Å². The lowest BCUT2D eigenvalue weighted by Crippen LogP contribution is -2.10. The highest BCUT2D eigenvalue weighted by Gasteiger charge is 2.11. The molecule has 0 aromatic heterocycles. The second-order valence-corrected chi connectivity index (χ2v) is 3.94. The van der Waals surface area contributed by atoms with E-state index in [1.54, 1.807) is 25.1 Å². The first-order valence-electron chi connectivity index (χ1n) is 4.76. The van der Waals surface area contributed by atoms with Crippen molar-refractivity contribution in [3.63, 3.8) is 0 Å². The van der Waals surface area contributed by atoms with E-state index >= 15 is 0 Å². The third kappa shape index (κ3) is 3.06. The number of carbonyl (C=O) groups excluding carboxylic acids is 2. The first kappa shape index (κ1) is 12.7. The Morgan fingerprint density at radius 2 is 2.12 bits per heavy atom. The van der Waals surface area contributed by atoms with Crippen molar-refractivity contribution in [2.75, 3.05) is 12.4 Å². The maximum atomic E-state index is 11.4. The molecule has 1 rings (SSSR count). The summed E-state index contributed by atoms with van der Waals surface area (Å²) in [5.41, 5.74) is 0.965. The third-order valence-electron chi connectivity index (χ3n) is 1.98. The number of benzene rings is 1. The van der Waals surface area contributed by atoms with Crippen LogP contribution in [-0.2, 0) is 9.53 Å². The standard InChI is InChI=1S/C11H12BrNO3/c1-3-10(14)13-7-4-5-9(12)8(6-7)11(15)16-2/h4-6H,3H2,1-2H3,(H,13,14). The second-order valence-electron chi connectivity index (χ2n) is 3.09. The van der Waals surface area contributed by atoms with Crippen LogP contribution in [0.1, 0.15) is 23.7 Å². The van der Waals surface area contributed by atoms with E-state index in [-0.39, 0.29) is 5.91 Å². The maximum Gasteiger partial charge on any atom is 0.339 e. The van der Waals surface area contributed by atoms with Gasteiger partial charge in [-0.05, 0) is 34.1 Å². The van der Waals surface area contributed by atoms with E-state index in [4.69, 9.17) is 0 Å². The van der Waals surface area contributed by atoms with Crippen LogP contribution < -0.4 is 5.32 Å². The van der Waals surface area contributed by atoms with Gasteiger partial charge in [0.25, 0.3) is 0 Å². The summed E-state index contributed by atoms with van der Waals surface area (Å²) in [4.78, 5) is 22.6. The number of hydrogen-bond acceptors (Lipinski definition) is 3. The summed E-state index contributed by atoms with van der Waals surface area (Å²) < 4.78 is 5.25. The number of esters is 1. The van der Waals surface area contributed by atoms with Crippen molar-refractivity contribution in [2.45, 2.75) is 13.3 Å². The molecule has 86 valence electrons. The van der Waals surface area contributed by atoms with Gasteiger partial charge < -0.3 is 10.1 Å². The first-order valence-corrected chi connectivity index (χ1v) is 5.55. The first-order chi connectivity index (χ1) is 7.58. The van der Waals surface area contributed by atoms with Gasteiger partial charge in [-0.1, -0.05) is 6.92 Å². The molecule has 0 unspecified atom stereocenters. The number of carbonyl (C=O) groups is 2. The molecule has 0 radical (unpaired) electrons. The zero-order valence-electron chi connectivity index (χ0n) is 9.04. The number of hydrogen-bond donors (Lipinski definition) is 1. The Kier molecular flexibility index (Phi) is 4.49. The summed E-state index contributed by atoms with van der Waals surface area (Å²) in [6.07, 6.45) is 0.392. The van der Waals surface area contributed by atoms with Gasteiger partial charge in [-0.3, -0.25) is 4.79 Å². The van der Waals surface area contributed by atoms with Crippen LogP contribution in [0, 0.1) is 0 Å². The zero-order valence-corrected chi connectivity index (χ0v) is 10.6. The molecule has 0 aliphatic carbocycles. The van der Waals surface area contributed by atoms with Gasteiger partial charge in [0, 0.05) is 16.6 Å². The molecule has 0 saturated heterocycles. The SMILES string of the molecule is CCC(=O)Nc1ccc(Br)c(C(=O)OC)c1.